The molecule has 0 saturated heterocycles. The highest BCUT2D eigenvalue weighted by atomic mass is 79.9. The molecule has 1 nitrogen and oxygen atoms in total. The number of rotatable bonds is 4. The first-order chi connectivity index (χ1) is 7.07. The molecule has 0 fully saturated rings. The molecule has 0 unspecified atom stereocenters. The van der Waals surface area contributed by atoms with Gasteiger partial charge in [0.1, 0.15) is 11.6 Å². The molecular weight excluding hydrogens is 299 g/mol. The van der Waals surface area contributed by atoms with Crippen molar-refractivity contribution in [2.24, 2.45) is 5.73 Å². The van der Waals surface area contributed by atoms with Gasteiger partial charge in [0.15, 0.2) is 0 Å². The number of hydrogen-bond acceptors (Lipinski definition) is 1. The summed E-state index contributed by atoms with van der Waals surface area (Å²) in [5.74, 6) is -1.15. The van der Waals surface area contributed by atoms with Crippen LogP contribution in [0.25, 0.3) is 0 Å². The Labute approximate surface area is 109 Å². The molecule has 0 saturated carbocycles. The second kappa shape index (κ2) is 7.20. The molecule has 0 radical (unpaired) electrons. The van der Waals surface area contributed by atoms with E-state index in [4.69, 9.17) is 5.73 Å². The van der Waals surface area contributed by atoms with Gasteiger partial charge in [-0.2, -0.15) is 0 Å². The summed E-state index contributed by atoms with van der Waals surface area (Å²) in [6.07, 6.45) is 2.43. The zero-order valence-corrected chi connectivity index (χ0v) is 11.4. The maximum atomic E-state index is 13.6. The fourth-order valence-corrected chi connectivity index (χ4v) is 1.80. The Morgan fingerprint density at radius 2 is 2.00 bits per heavy atom. The Kier molecular flexibility index (Phi) is 7.11. The summed E-state index contributed by atoms with van der Waals surface area (Å²) >= 11 is 3.02. The average molecular weight is 315 g/mol. The Morgan fingerprint density at radius 3 is 2.56 bits per heavy atom. The van der Waals surface area contributed by atoms with Gasteiger partial charge in [-0.1, -0.05) is 19.8 Å². The summed E-state index contributed by atoms with van der Waals surface area (Å²) < 4.78 is 27.2. The van der Waals surface area contributed by atoms with Gasteiger partial charge in [-0.05, 0) is 34.5 Å². The molecule has 92 valence electrons. The van der Waals surface area contributed by atoms with Gasteiger partial charge in [-0.25, -0.2) is 8.78 Å². The van der Waals surface area contributed by atoms with Gasteiger partial charge < -0.3 is 5.73 Å². The van der Waals surface area contributed by atoms with Crippen LogP contribution in [0.4, 0.5) is 8.78 Å². The van der Waals surface area contributed by atoms with Gasteiger partial charge >= 0.3 is 0 Å². The lowest BCUT2D eigenvalue weighted by Crippen LogP contribution is -2.14. The second-order valence-electron chi connectivity index (χ2n) is 3.51. The first kappa shape index (κ1) is 15.8. The average Bonchev–Trinajstić information content (AvgIpc) is 2.21. The van der Waals surface area contributed by atoms with Gasteiger partial charge in [0, 0.05) is 11.6 Å². The molecule has 1 atom stereocenters. The van der Waals surface area contributed by atoms with Crippen LogP contribution in [0.2, 0.25) is 0 Å². The van der Waals surface area contributed by atoms with Gasteiger partial charge in [-0.3, -0.25) is 0 Å². The highest BCUT2D eigenvalue weighted by Gasteiger charge is 2.18. The summed E-state index contributed by atoms with van der Waals surface area (Å²) in [4.78, 5) is 0. The molecule has 2 N–H and O–H groups in total. The third kappa shape index (κ3) is 3.68. The lowest BCUT2D eigenvalue weighted by atomic mass is 10.0. The molecular formula is C11H15BrClF2N. The maximum absolute atomic E-state index is 13.6. The molecule has 0 heterocycles. The van der Waals surface area contributed by atoms with Crippen LogP contribution < -0.4 is 5.73 Å². The van der Waals surface area contributed by atoms with Gasteiger partial charge in [0.05, 0.1) is 4.47 Å². The predicted molar refractivity (Wildman–Crippen MR) is 67.8 cm³/mol. The Balaban J connectivity index is 0.00000225. The van der Waals surface area contributed by atoms with E-state index < -0.39 is 17.7 Å². The molecule has 0 spiro atoms. The fourth-order valence-electron chi connectivity index (χ4n) is 1.45. The number of halogens is 4. The Bertz CT molecular complexity index is 347. The van der Waals surface area contributed by atoms with Crippen LogP contribution in [0.5, 0.6) is 0 Å². The fraction of sp³-hybridized carbons (Fsp3) is 0.455. The van der Waals surface area contributed by atoms with E-state index >= 15 is 0 Å². The molecule has 0 amide bonds. The van der Waals surface area contributed by atoms with Crippen molar-refractivity contribution in [1.82, 2.24) is 0 Å². The minimum atomic E-state index is -0.585. The summed E-state index contributed by atoms with van der Waals surface area (Å²) in [5, 5.41) is 0. The van der Waals surface area contributed by atoms with Crippen molar-refractivity contribution in [3.8, 4) is 0 Å². The second-order valence-corrected chi connectivity index (χ2v) is 4.36. The van der Waals surface area contributed by atoms with E-state index in [2.05, 4.69) is 15.9 Å². The summed E-state index contributed by atoms with van der Waals surface area (Å²) in [6.45, 7) is 2.01. The first-order valence-corrected chi connectivity index (χ1v) is 5.76. The molecule has 0 aliphatic carbocycles. The number of benzene rings is 1. The van der Waals surface area contributed by atoms with Crippen molar-refractivity contribution < 1.29 is 8.78 Å². The van der Waals surface area contributed by atoms with Crippen LogP contribution in [-0.4, -0.2) is 0 Å². The Morgan fingerprint density at radius 1 is 1.38 bits per heavy atom. The molecule has 1 aromatic carbocycles. The van der Waals surface area contributed by atoms with Crippen molar-refractivity contribution in [3.05, 3.63) is 33.8 Å². The van der Waals surface area contributed by atoms with Crippen LogP contribution in [0.3, 0.4) is 0 Å². The monoisotopic (exact) mass is 313 g/mol. The summed E-state index contributed by atoms with van der Waals surface area (Å²) in [7, 11) is 0. The van der Waals surface area contributed by atoms with Gasteiger partial charge in [0.2, 0.25) is 0 Å². The molecule has 0 aliphatic heterocycles. The van der Waals surface area contributed by atoms with Crippen molar-refractivity contribution in [1.29, 1.82) is 0 Å². The first-order valence-electron chi connectivity index (χ1n) is 4.96. The number of unbranched alkanes of at least 4 members (excludes halogenated alkanes) is 1. The van der Waals surface area contributed by atoms with E-state index in [9.17, 15) is 8.78 Å². The minimum Gasteiger partial charge on any atom is -0.324 e. The topological polar surface area (TPSA) is 26.0 Å². The molecule has 5 heteroatoms. The van der Waals surface area contributed by atoms with E-state index in [1.165, 1.54) is 12.1 Å². The lowest BCUT2D eigenvalue weighted by Gasteiger charge is -2.14. The molecule has 0 aromatic heterocycles. The highest BCUT2D eigenvalue weighted by Crippen LogP contribution is 2.27. The molecule has 16 heavy (non-hydrogen) atoms. The van der Waals surface area contributed by atoms with E-state index in [0.717, 1.165) is 12.8 Å². The largest absolute Gasteiger partial charge is 0.324 e. The van der Waals surface area contributed by atoms with Crippen LogP contribution in [-0.2, 0) is 0 Å². The lowest BCUT2D eigenvalue weighted by molar-refractivity contribution is 0.500. The van der Waals surface area contributed by atoms with Crippen molar-refractivity contribution in [2.75, 3.05) is 0 Å². The smallest absolute Gasteiger partial charge is 0.145 e. The van der Waals surface area contributed by atoms with Gasteiger partial charge in [0.25, 0.3) is 0 Å². The third-order valence-corrected chi connectivity index (χ3v) is 2.93. The standard InChI is InChI=1S/C11H14BrF2N.ClH/c1-2-3-4-9(15)10-8(13)6-5-7(12)11(10)14;/h5-6,9H,2-4,15H2,1H3;1H/t9-;/m1./s1. The maximum Gasteiger partial charge on any atom is 0.145 e. The van der Waals surface area contributed by atoms with E-state index in [-0.39, 0.29) is 22.4 Å². The highest BCUT2D eigenvalue weighted by molar-refractivity contribution is 9.10. The SMILES string of the molecule is CCCC[C@@H](N)c1c(F)ccc(Br)c1F.Cl. The van der Waals surface area contributed by atoms with Crippen LogP contribution >= 0.6 is 28.3 Å². The van der Waals surface area contributed by atoms with E-state index in [1.807, 2.05) is 6.92 Å². The quantitative estimate of drug-likeness (QED) is 0.822. The molecule has 1 aromatic rings. The van der Waals surface area contributed by atoms with E-state index in [0.29, 0.717) is 6.42 Å². The van der Waals surface area contributed by atoms with Gasteiger partial charge in [-0.15, -0.1) is 12.4 Å². The van der Waals surface area contributed by atoms with Crippen molar-refractivity contribution in [3.63, 3.8) is 0 Å². The summed E-state index contributed by atoms with van der Waals surface area (Å²) in [5.41, 5.74) is 5.73. The molecule has 0 aliphatic rings. The number of hydrogen-bond donors (Lipinski definition) is 1. The zero-order chi connectivity index (χ0) is 11.4. The molecule has 1 rings (SSSR count). The van der Waals surface area contributed by atoms with Crippen molar-refractivity contribution in [2.45, 2.75) is 32.2 Å². The third-order valence-electron chi connectivity index (χ3n) is 2.32. The predicted octanol–water partition coefficient (Wildman–Crippen LogP) is 4.34. The zero-order valence-electron chi connectivity index (χ0n) is 8.97. The van der Waals surface area contributed by atoms with Crippen LogP contribution in [0.1, 0.15) is 37.8 Å². The van der Waals surface area contributed by atoms with Crippen LogP contribution in [0, 0.1) is 11.6 Å². The minimum absolute atomic E-state index is 0. The normalized spacial score (nSPS) is 12.1. The van der Waals surface area contributed by atoms with Crippen molar-refractivity contribution >= 4 is 28.3 Å². The van der Waals surface area contributed by atoms with E-state index in [1.54, 1.807) is 0 Å². The number of nitrogens with two attached hydrogens (primary N) is 1. The Hall–Kier alpha value is -0.190. The molecule has 0 bridgehead atoms. The summed E-state index contributed by atoms with van der Waals surface area (Å²) in [6, 6.07) is 2.01. The van der Waals surface area contributed by atoms with Crippen LogP contribution in [0.15, 0.2) is 16.6 Å².